The SMILES string of the molecule is CCCCCCCCCCCCCCCCCC.N=C=O.N=C=O.N=C=O. The van der Waals surface area contributed by atoms with Gasteiger partial charge in [0.2, 0.25) is 18.2 Å². The van der Waals surface area contributed by atoms with Crippen molar-refractivity contribution in [3.05, 3.63) is 0 Å². The van der Waals surface area contributed by atoms with Crippen molar-refractivity contribution in [2.24, 2.45) is 0 Å². The van der Waals surface area contributed by atoms with Gasteiger partial charge in [0.25, 0.3) is 0 Å². The summed E-state index contributed by atoms with van der Waals surface area (Å²) in [6.07, 6.45) is 25.7. The van der Waals surface area contributed by atoms with Gasteiger partial charge in [0.05, 0.1) is 0 Å². The Morgan fingerprint density at radius 2 is 0.519 bits per heavy atom. The van der Waals surface area contributed by atoms with E-state index in [-0.39, 0.29) is 0 Å². The molecule has 0 unspecified atom stereocenters. The van der Waals surface area contributed by atoms with E-state index < -0.39 is 0 Å². The molecule has 0 bridgehead atoms. The van der Waals surface area contributed by atoms with E-state index in [4.69, 9.17) is 30.6 Å². The zero-order valence-corrected chi connectivity index (χ0v) is 17.5. The number of carbonyl (C=O) groups excluding carboxylic acids is 3. The molecular formula is C21H41N3O3. The van der Waals surface area contributed by atoms with Crippen LogP contribution in [0.4, 0.5) is 0 Å². The van der Waals surface area contributed by atoms with Gasteiger partial charge in [-0.3, -0.25) is 0 Å². The molecule has 6 heteroatoms. The van der Waals surface area contributed by atoms with Crippen LogP contribution >= 0.6 is 0 Å². The Bertz CT molecular complexity index is 298. The summed E-state index contributed by atoms with van der Waals surface area (Å²) in [4.78, 5) is 25.0. The maximum atomic E-state index is 8.35. The minimum atomic E-state index is 0.750. The van der Waals surface area contributed by atoms with Gasteiger partial charge in [0.15, 0.2) is 0 Å². The monoisotopic (exact) mass is 383 g/mol. The van der Waals surface area contributed by atoms with Gasteiger partial charge < -0.3 is 0 Å². The molecule has 158 valence electrons. The standard InChI is InChI=1S/C18H38.3CHNO/c1-3-5-7-9-11-13-15-17-18-16-14-12-10-8-6-4-2;3*2-1-3/h3-18H2,1-2H3;3*2H. The first-order valence-corrected chi connectivity index (χ1v) is 10.3. The van der Waals surface area contributed by atoms with Crippen LogP contribution in [-0.2, 0) is 14.4 Å². The third-order valence-corrected chi connectivity index (χ3v) is 3.96. The van der Waals surface area contributed by atoms with E-state index in [0.717, 1.165) is 18.2 Å². The van der Waals surface area contributed by atoms with Crippen LogP contribution in [0, 0.1) is 16.2 Å². The number of hydrogen-bond acceptors (Lipinski definition) is 6. The van der Waals surface area contributed by atoms with Gasteiger partial charge in [-0.25, -0.2) is 30.6 Å². The molecule has 0 aromatic rings. The molecular weight excluding hydrogens is 342 g/mol. The van der Waals surface area contributed by atoms with Crippen molar-refractivity contribution in [3.63, 3.8) is 0 Å². The van der Waals surface area contributed by atoms with Crippen LogP contribution in [0.1, 0.15) is 117 Å². The minimum Gasteiger partial charge on any atom is -0.222 e. The van der Waals surface area contributed by atoms with Crippen molar-refractivity contribution >= 4 is 18.2 Å². The molecule has 0 rings (SSSR count). The fourth-order valence-electron chi connectivity index (χ4n) is 2.62. The lowest BCUT2D eigenvalue weighted by atomic mass is 10.0. The second-order valence-electron chi connectivity index (χ2n) is 6.26. The minimum absolute atomic E-state index is 0.750. The number of nitrogens with one attached hydrogen (secondary N) is 3. The quantitative estimate of drug-likeness (QED) is 0.161. The summed E-state index contributed by atoms with van der Waals surface area (Å²) >= 11 is 0. The van der Waals surface area contributed by atoms with Gasteiger partial charge in [-0.2, -0.15) is 0 Å². The molecule has 0 aliphatic heterocycles. The van der Waals surface area contributed by atoms with Crippen molar-refractivity contribution in [2.75, 3.05) is 0 Å². The molecule has 0 amide bonds. The number of isocyanates is 3. The predicted molar refractivity (Wildman–Crippen MR) is 110 cm³/mol. The van der Waals surface area contributed by atoms with Crippen molar-refractivity contribution in [2.45, 2.75) is 117 Å². The van der Waals surface area contributed by atoms with Gasteiger partial charge in [0.1, 0.15) is 0 Å². The molecule has 0 fully saturated rings. The van der Waals surface area contributed by atoms with Crippen molar-refractivity contribution in [3.8, 4) is 0 Å². The van der Waals surface area contributed by atoms with Gasteiger partial charge >= 0.3 is 0 Å². The zero-order chi connectivity index (χ0) is 21.4. The normalized spacial score (nSPS) is 8.22. The van der Waals surface area contributed by atoms with Crippen LogP contribution in [0.5, 0.6) is 0 Å². The van der Waals surface area contributed by atoms with Crippen LogP contribution in [-0.4, -0.2) is 18.2 Å². The molecule has 3 N–H and O–H groups in total. The van der Waals surface area contributed by atoms with Crippen LogP contribution in [0.3, 0.4) is 0 Å². The fraction of sp³-hybridized carbons (Fsp3) is 0.857. The molecule has 0 aliphatic carbocycles. The Kier molecular flexibility index (Phi) is 53.4. The Balaban J connectivity index is -0.000000246. The highest BCUT2D eigenvalue weighted by atomic mass is 16.1. The maximum absolute atomic E-state index is 8.35. The molecule has 0 aromatic heterocycles. The largest absolute Gasteiger partial charge is 0.231 e. The van der Waals surface area contributed by atoms with E-state index in [1.807, 2.05) is 0 Å². The first kappa shape index (κ1) is 32.8. The second-order valence-corrected chi connectivity index (χ2v) is 6.26. The van der Waals surface area contributed by atoms with Gasteiger partial charge in [-0.05, 0) is 0 Å². The van der Waals surface area contributed by atoms with Crippen LogP contribution in [0.25, 0.3) is 0 Å². The second kappa shape index (κ2) is 44.0. The van der Waals surface area contributed by atoms with Gasteiger partial charge in [-0.15, -0.1) is 0 Å². The lowest BCUT2D eigenvalue weighted by molar-refractivity contribution is 0.531. The van der Waals surface area contributed by atoms with Gasteiger partial charge in [0, 0.05) is 0 Å². The number of unbranched alkanes of at least 4 members (excludes halogenated alkanes) is 15. The molecule has 0 atom stereocenters. The smallest absolute Gasteiger partial charge is 0.222 e. The molecule has 0 aromatic carbocycles. The average Bonchev–Trinajstić information content (AvgIpc) is 2.64. The van der Waals surface area contributed by atoms with E-state index in [1.165, 1.54) is 103 Å². The lowest BCUT2D eigenvalue weighted by Crippen LogP contribution is -1.83. The highest BCUT2D eigenvalue weighted by Crippen LogP contribution is 2.13. The van der Waals surface area contributed by atoms with Crippen molar-refractivity contribution < 1.29 is 14.4 Å². The molecule has 0 aliphatic rings. The molecule has 0 saturated carbocycles. The first-order chi connectivity index (χ1) is 13.2. The lowest BCUT2D eigenvalue weighted by Gasteiger charge is -2.03. The molecule has 0 saturated heterocycles. The topological polar surface area (TPSA) is 123 Å². The van der Waals surface area contributed by atoms with Crippen molar-refractivity contribution in [1.82, 2.24) is 0 Å². The molecule has 27 heavy (non-hydrogen) atoms. The molecule has 6 nitrogen and oxygen atoms in total. The van der Waals surface area contributed by atoms with Crippen LogP contribution < -0.4 is 0 Å². The van der Waals surface area contributed by atoms with Crippen molar-refractivity contribution in [1.29, 1.82) is 16.2 Å². The Labute approximate surface area is 166 Å². The summed E-state index contributed by atoms with van der Waals surface area (Å²) in [5.41, 5.74) is 0. The zero-order valence-electron chi connectivity index (χ0n) is 17.5. The van der Waals surface area contributed by atoms with E-state index in [0.29, 0.717) is 0 Å². The molecule has 0 spiro atoms. The Morgan fingerprint density at radius 1 is 0.407 bits per heavy atom. The summed E-state index contributed by atoms with van der Waals surface area (Å²) in [5, 5.41) is 16.2. The van der Waals surface area contributed by atoms with Gasteiger partial charge in [-0.1, -0.05) is 117 Å². The van der Waals surface area contributed by atoms with Crippen LogP contribution in [0.15, 0.2) is 0 Å². The van der Waals surface area contributed by atoms with Crippen LogP contribution in [0.2, 0.25) is 0 Å². The van der Waals surface area contributed by atoms with E-state index >= 15 is 0 Å². The fourth-order valence-corrected chi connectivity index (χ4v) is 2.62. The summed E-state index contributed by atoms with van der Waals surface area (Å²) in [6, 6.07) is 0. The number of hydrogen-bond donors (Lipinski definition) is 3. The average molecular weight is 384 g/mol. The summed E-state index contributed by atoms with van der Waals surface area (Å²) < 4.78 is 0. The van der Waals surface area contributed by atoms with E-state index in [9.17, 15) is 0 Å². The third-order valence-electron chi connectivity index (χ3n) is 3.96. The molecule has 0 radical (unpaired) electrons. The predicted octanol–water partition coefficient (Wildman–Crippen LogP) is 6.97. The highest BCUT2D eigenvalue weighted by molar-refractivity contribution is 5.26. The maximum Gasteiger partial charge on any atom is 0.231 e. The molecule has 0 heterocycles. The first-order valence-electron chi connectivity index (χ1n) is 10.3. The third kappa shape index (κ3) is 68.5. The van der Waals surface area contributed by atoms with E-state index in [1.54, 1.807) is 0 Å². The highest BCUT2D eigenvalue weighted by Gasteiger charge is 1.93. The summed E-state index contributed by atoms with van der Waals surface area (Å²) in [6.45, 7) is 4.59. The summed E-state index contributed by atoms with van der Waals surface area (Å²) in [5.74, 6) is 0. The number of rotatable bonds is 15. The summed E-state index contributed by atoms with van der Waals surface area (Å²) in [7, 11) is 0. The van der Waals surface area contributed by atoms with E-state index in [2.05, 4.69) is 13.8 Å². The Morgan fingerprint density at radius 3 is 0.630 bits per heavy atom. The Hall–Kier alpha value is -1.86.